The second-order valence-electron chi connectivity index (χ2n) is 4.37. The smallest absolute Gasteiger partial charge is 0.0733 e. The zero-order valence-electron chi connectivity index (χ0n) is 8.78. The Bertz CT molecular complexity index is 533. The molecule has 1 aromatic heterocycles. The largest absolute Gasteiger partial charge is 0.399 e. The van der Waals surface area contributed by atoms with Crippen molar-refractivity contribution in [2.45, 2.75) is 19.3 Å². The molecule has 16 heavy (non-hydrogen) atoms. The van der Waals surface area contributed by atoms with Crippen molar-refractivity contribution in [3.05, 3.63) is 23.9 Å². The van der Waals surface area contributed by atoms with Gasteiger partial charge >= 0.3 is 0 Å². The van der Waals surface area contributed by atoms with Crippen LogP contribution >= 0.6 is 28.4 Å². The lowest BCUT2D eigenvalue weighted by molar-refractivity contribution is 0.794. The first-order valence-corrected chi connectivity index (χ1v) is 9.48. The van der Waals surface area contributed by atoms with E-state index in [0.717, 1.165) is 18.0 Å². The summed E-state index contributed by atoms with van der Waals surface area (Å²) in [6.07, 6.45) is 4.50. The zero-order chi connectivity index (χ0) is 11.1. The first kappa shape index (κ1) is 10.8. The number of nitrogens with zero attached hydrogens (tertiary/aromatic N) is 2. The molecule has 1 heterocycles. The van der Waals surface area contributed by atoms with E-state index < -0.39 is 0 Å². The minimum Gasteiger partial charge on any atom is -0.399 e. The van der Waals surface area contributed by atoms with E-state index in [1.54, 1.807) is 0 Å². The summed E-state index contributed by atoms with van der Waals surface area (Å²) < 4.78 is 2.09. The van der Waals surface area contributed by atoms with E-state index in [9.17, 15) is 0 Å². The van der Waals surface area contributed by atoms with E-state index >= 15 is 0 Å². The lowest BCUT2D eigenvalue weighted by atomic mass is 10.1. The fourth-order valence-electron chi connectivity index (χ4n) is 2.01. The number of halogens is 1. The Morgan fingerprint density at radius 1 is 1.50 bits per heavy atom. The fraction of sp³-hybridized carbons (Fsp3) is 0.364. The average Bonchev–Trinajstić information content (AvgIpc) is 3.02. The predicted molar refractivity (Wildman–Crippen MR) is 78.3 cm³/mol. The van der Waals surface area contributed by atoms with Gasteiger partial charge in [-0.1, -0.05) is 0 Å². The van der Waals surface area contributed by atoms with Gasteiger partial charge in [0.2, 0.25) is 0 Å². The van der Waals surface area contributed by atoms with Gasteiger partial charge in [-0.15, -0.1) is 0 Å². The number of nitrogen functional groups attached to an aromatic ring is 1. The summed E-state index contributed by atoms with van der Waals surface area (Å²) in [5.41, 5.74) is 9.14. The van der Waals surface area contributed by atoms with Gasteiger partial charge in [-0.3, -0.25) is 0 Å². The van der Waals surface area contributed by atoms with Gasteiger partial charge < -0.3 is 5.73 Å². The molecule has 0 amide bonds. The summed E-state index contributed by atoms with van der Waals surface area (Å²) in [7, 11) is 0. The van der Waals surface area contributed by atoms with Crippen molar-refractivity contribution >= 4 is 45.0 Å². The maximum Gasteiger partial charge on any atom is 0.0733 e. The number of rotatable bonds is 3. The molecule has 1 atom stereocenters. The van der Waals surface area contributed by atoms with Gasteiger partial charge in [-0.2, -0.15) is 5.10 Å². The van der Waals surface area contributed by atoms with Crippen molar-refractivity contribution in [2.24, 2.45) is 5.92 Å². The van der Waals surface area contributed by atoms with Crippen molar-refractivity contribution in [3.8, 4) is 0 Å². The van der Waals surface area contributed by atoms with Crippen LogP contribution in [-0.4, -0.2) is 9.55 Å². The molecule has 3 nitrogen and oxygen atoms in total. The summed E-state index contributed by atoms with van der Waals surface area (Å²) in [5, 5.41) is 5.94. The van der Waals surface area contributed by atoms with E-state index in [2.05, 4.69) is 38.6 Å². The molecule has 1 aliphatic carbocycles. The van der Waals surface area contributed by atoms with Gasteiger partial charge in [0, 0.05) is 11.1 Å². The minimum absolute atomic E-state index is 0.653. The standard InChI is InChI=1S/C11H13IN3P/c12-16-15-11-4-3-8(13)6-9(11)10(14-15)5-7-1-2-7/h3-4,6-7,16H,1-2,5,13H2. The summed E-state index contributed by atoms with van der Waals surface area (Å²) >= 11 is 2.37. The number of hydrogen-bond donors (Lipinski definition) is 1. The van der Waals surface area contributed by atoms with Crippen molar-refractivity contribution in [1.82, 2.24) is 9.55 Å². The van der Waals surface area contributed by atoms with Gasteiger partial charge in [0.1, 0.15) is 0 Å². The Morgan fingerprint density at radius 3 is 3.00 bits per heavy atom. The molecule has 2 aromatic rings. The molecule has 0 radical (unpaired) electrons. The van der Waals surface area contributed by atoms with Gasteiger partial charge in [0.15, 0.2) is 0 Å². The molecule has 0 saturated heterocycles. The average molecular weight is 345 g/mol. The SMILES string of the molecule is Nc1ccc2c(c1)c(CC1CC1)nn2PI. The van der Waals surface area contributed by atoms with Crippen LogP contribution in [0.5, 0.6) is 0 Å². The highest BCUT2D eigenvalue weighted by Crippen LogP contribution is 2.37. The maximum atomic E-state index is 5.85. The van der Waals surface area contributed by atoms with E-state index in [1.807, 2.05) is 6.07 Å². The molecule has 1 aliphatic rings. The van der Waals surface area contributed by atoms with Crippen LogP contribution in [0, 0.1) is 5.92 Å². The number of benzene rings is 1. The summed E-state index contributed by atoms with van der Waals surface area (Å²) in [6.45, 7) is 0. The van der Waals surface area contributed by atoms with Crippen LogP contribution in [0.3, 0.4) is 0 Å². The third-order valence-corrected chi connectivity index (χ3v) is 4.91. The summed E-state index contributed by atoms with van der Waals surface area (Å²) in [6, 6.07) is 6.10. The molecular weight excluding hydrogens is 332 g/mol. The second kappa shape index (κ2) is 4.15. The molecule has 1 aromatic carbocycles. The molecule has 2 N–H and O–H groups in total. The first-order chi connectivity index (χ1) is 7.78. The Morgan fingerprint density at radius 2 is 2.31 bits per heavy atom. The number of nitrogens with two attached hydrogens (primary N) is 1. The predicted octanol–water partition coefficient (Wildman–Crippen LogP) is 3.36. The van der Waals surface area contributed by atoms with Gasteiger partial charge in [-0.05, 0) is 65.4 Å². The molecular formula is C11H13IN3P. The lowest BCUT2D eigenvalue weighted by Crippen LogP contribution is -1.90. The summed E-state index contributed by atoms with van der Waals surface area (Å²) in [4.78, 5) is 0. The van der Waals surface area contributed by atoms with Crippen molar-refractivity contribution in [2.75, 3.05) is 5.73 Å². The molecule has 0 aliphatic heterocycles. The van der Waals surface area contributed by atoms with Crippen molar-refractivity contribution in [1.29, 1.82) is 0 Å². The Labute approximate surface area is 109 Å². The quantitative estimate of drug-likeness (QED) is 0.527. The topological polar surface area (TPSA) is 43.8 Å². The molecule has 84 valence electrons. The fourth-order valence-corrected chi connectivity index (χ4v) is 3.56. The molecule has 1 unspecified atom stereocenters. The van der Waals surface area contributed by atoms with Crippen LogP contribution in [-0.2, 0) is 6.42 Å². The molecule has 1 saturated carbocycles. The highest BCUT2D eigenvalue weighted by atomic mass is 127. The van der Waals surface area contributed by atoms with E-state index in [0.29, 0.717) is 6.37 Å². The molecule has 0 bridgehead atoms. The van der Waals surface area contributed by atoms with Crippen LogP contribution < -0.4 is 5.73 Å². The Balaban J connectivity index is 2.13. The third-order valence-electron chi connectivity index (χ3n) is 3.04. The number of fused-ring (bicyclic) bond motifs is 1. The van der Waals surface area contributed by atoms with Crippen molar-refractivity contribution in [3.63, 3.8) is 0 Å². The molecule has 3 rings (SSSR count). The van der Waals surface area contributed by atoms with Gasteiger partial charge in [0.05, 0.1) is 17.6 Å². The van der Waals surface area contributed by atoms with Gasteiger partial charge in [-0.25, -0.2) is 4.45 Å². The van der Waals surface area contributed by atoms with Crippen molar-refractivity contribution < 1.29 is 0 Å². The number of hydrogen-bond acceptors (Lipinski definition) is 2. The van der Waals surface area contributed by atoms with E-state index in [1.165, 1.54) is 29.4 Å². The zero-order valence-corrected chi connectivity index (χ0v) is 11.9. The highest BCUT2D eigenvalue weighted by Gasteiger charge is 2.24. The van der Waals surface area contributed by atoms with Crippen LogP contribution in [0.1, 0.15) is 18.5 Å². The Hall–Kier alpha value is -0.350. The van der Waals surface area contributed by atoms with E-state index in [-0.39, 0.29) is 0 Å². The molecule has 5 heteroatoms. The number of anilines is 1. The van der Waals surface area contributed by atoms with Crippen LogP contribution in [0.4, 0.5) is 5.69 Å². The first-order valence-electron chi connectivity index (χ1n) is 5.41. The number of aromatic nitrogens is 2. The van der Waals surface area contributed by atoms with Crippen LogP contribution in [0.2, 0.25) is 0 Å². The molecule has 1 fully saturated rings. The van der Waals surface area contributed by atoms with Gasteiger partial charge in [0.25, 0.3) is 0 Å². The Kier molecular flexibility index (Phi) is 2.80. The maximum absolute atomic E-state index is 5.85. The lowest BCUT2D eigenvalue weighted by Gasteiger charge is -1.97. The molecule has 0 spiro atoms. The monoisotopic (exact) mass is 345 g/mol. The highest BCUT2D eigenvalue weighted by molar-refractivity contribution is 14.2. The van der Waals surface area contributed by atoms with Crippen LogP contribution in [0.25, 0.3) is 10.9 Å². The minimum atomic E-state index is 0.653. The van der Waals surface area contributed by atoms with Crippen LogP contribution in [0.15, 0.2) is 18.2 Å². The third kappa shape index (κ3) is 1.93. The van der Waals surface area contributed by atoms with E-state index in [4.69, 9.17) is 10.8 Å². The second-order valence-corrected chi connectivity index (χ2v) is 6.41. The normalized spacial score (nSPS) is 16.6. The summed E-state index contributed by atoms with van der Waals surface area (Å²) in [5.74, 6) is 0.866.